The third kappa shape index (κ3) is 7.22. The summed E-state index contributed by atoms with van der Waals surface area (Å²) in [6.45, 7) is 5.91. The Bertz CT molecular complexity index is 1140. The molecule has 2 aromatic rings. The van der Waals surface area contributed by atoms with Crippen molar-refractivity contribution in [3.05, 3.63) is 77.5 Å². The summed E-state index contributed by atoms with van der Waals surface area (Å²) in [5.41, 5.74) is 1.41. The zero-order valence-electron chi connectivity index (χ0n) is 22.4. The number of nitrogens with zero attached hydrogens (tertiary/aromatic N) is 3. The molecule has 1 saturated carbocycles. The highest BCUT2D eigenvalue weighted by molar-refractivity contribution is 6.99. The minimum Gasteiger partial charge on any atom is -0.497 e. The molecule has 3 rings (SSSR count). The van der Waals surface area contributed by atoms with Gasteiger partial charge in [0.05, 0.1) is 39.3 Å². The van der Waals surface area contributed by atoms with Crippen LogP contribution in [0.1, 0.15) is 55.1 Å². The van der Waals surface area contributed by atoms with Crippen LogP contribution in [-0.4, -0.2) is 58.9 Å². The van der Waals surface area contributed by atoms with E-state index in [-0.39, 0.29) is 35.7 Å². The number of hydrogen-bond donors (Lipinski definition) is 1. The van der Waals surface area contributed by atoms with Crippen LogP contribution in [0.3, 0.4) is 0 Å². The van der Waals surface area contributed by atoms with E-state index in [0.717, 1.165) is 49.4 Å². The van der Waals surface area contributed by atoms with E-state index >= 15 is 0 Å². The fourth-order valence-electron chi connectivity index (χ4n) is 4.55. The lowest BCUT2D eigenvalue weighted by molar-refractivity contribution is -0.125. The molecule has 10 heteroatoms. The average Bonchev–Trinajstić information content (AvgIpc) is 3.48. The van der Waals surface area contributed by atoms with Crippen LogP contribution in [0.25, 0.3) is 0 Å². The zero-order chi connectivity index (χ0) is 27.5. The van der Waals surface area contributed by atoms with Gasteiger partial charge in [-0.15, -0.1) is 0 Å². The number of allylic oxidation sites excluding steroid dienone is 1. The fourth-order valence-corrected chi connectivity index (χ4v) is 4.95. The lowest BCUT2D eigenvalue weighted by Gasteiger charge is -2.34. The van der Waals surface area contributed by atoms with E-state index in [1.54, 1.807) is 19.3 Å². The molecular formula is C28H36N4O5S. The Labute approximate surface area is 228 Å². The second kappa shape index (κ2) is 14.3. The summed E-state index contributed by atoms with van der Waals surface area (Å²) in [7, 11) is 4.56. The standard InChI is InChI=1S/C28H36N4O5S/c1-6-10-23(26(37-5)19(2)35-3)25(27(33)30-21-11-8-7-9-12-21)32(28(34)24-17-29-38-31-24)18-20-13-15-22(36-4)16-14-20/h6,10,13-17,21,25H,2,7-9,11-12,18H2,1,3-5H3,(H,30,33)/b10-6-,26-23-/t25-/m0/s1. The number of rotatable bonds is 12. The van der Waals surface area contributed by atoms with E-state index in [2.05, 4.69) is 20.6 Å². The molecular weight excluding hydrogens is 504 g/mol. The highest BCUT2D eigenvalue weighted by Crippen LogP contribution is 2.27. The van der Waals surface area contributed by atoms with Crippen LogP contribution < -0.4 is 10.1 Å². The maximum atomic E-state index is 14.1. The molecule has 1 aliphatic rings. The molecule has 0 spiro atoms. The predicted octanol–water partition coefficient (Wildman–Crippen LogP) is 4.64. The number of carbonyl (C=O) groups excluding carboxylic acids is 2. The van der Waals surface area contributed by atoms with Gasteiger partial charge < -0.3 is 24.4 Å². The first-order valence-electron chi connectivity index (χ1n) is 12.6. The van der Waals surface area contributed by atoms with Gasteiger partial charge in [0.1, 0.15) is 11.8 Å². The SMILES string of the molecule is C=C(OC)/C(OC)=C(\C=C/C)[C@@H](C(=O)NC1CCCCC1)N(Cc1ccc(OC)cc1)C(=O)c1cnsn1. The molecule has 2 amide bonds. The van der Waals surface area contributed by atoms with Crippen molar-refractivity contribution in [2.75, 3.05) is 21.3 Å². The summed E-state index contributed by atoms with van der Waals surface area (Å²) >= 11 is 0.934. The van der Waals surface area contributed by atoms with Crippen molar-refractivity contribution in [3.63, 3.8) is 0 Å². The molecule has 1 fully saturated rings. The summed E-state index contributed by atoms with van der Waals surface area (Å²) in [4.78, 5) is 29.5. The smallest absolute Gasteiger partial charge is 0.276 e. The summed E-state index contributed by atoms with van der Waals surface area (Å²) in [5.74, 6) is 0.461. The fraction of sp³-hybridized carbons (Fsp3) is 0.429. The van der Waals surface area contributed by atoms with E-state index in [1.165, 1.54) is 25.3 Å². The normalized spacial score (nSPS) is 15.4. The second-order valence-corrected chi connectivity index (χ2v) is 9.49. The van der Waals surface area contributed by atoms with E-state index in [0.29, 0.717) is 11.3 Å². The second-order valence-electron chi connectivity index (χ2n) is 8.94. The highest BCUT2D eigenvalue weighted by Gasteiger charge is 2.37. The van der Waals surface area contributed by atoms with E-state index < -0.39 is 11.9 Å². The first kappa shape index (κ1) is 28.9. The van der Waals surface area contributed by atoms with Gasteiger partial charge in [0.25, 0.3) is 5.91 Å². The Hall–Kier alpha value is -3.66. The molecule has 1 atom stereocenters. The van der Waals surface area contributed by atoms with Crippen molar-refractivity contribution < 1.29 is 23.8 Å². The summed E-state index contributed by atoms with van der Waals surface area (Å²) in [6, 6.07) is 6.32. The van der Waals surface area contributed by atoms with Crippen LogP contribution in [0, 0.1) is 0 Å². The third-order valence-corrected chi connectivity index (χ3v) is 6.95. The molecule has 1 heterocycles. The number of hydrogen-bond acceptors (Lipinski definition) is 8. The average molecular weight is 541 g/mol. The molecule has 1 aliphatic carbocycles. The molecule has 0 saturated heterocycles. The topological polar surface area (TPSA) is 103 Å². The summed E-state index contributed by atoms with van der Waals surface area (Å²) in [6.07, 6.45) is 10.00. The highest BCUT2D eigenvalue weighted by atomic mass is 32.1. The minimum atomic E-state index is -1.06. The van der Waals surface area contributed by atoms with Crippen molar-refractivity contribution in [1.29, 1.82) is 0 Å². The minimum absolute atomic E-state index is 0.0288. The molecule has 1 aromatic heterocycles. The Kier molecular flexibility index (Phi) is 10.9. The molecule has 0 radical (unpaired) electrons. The lowest BCUT2D eigenvalue weighted by atomic mass is 9.94. The van der Waals surface area contributed by atoms with Gasteiger partial charge in [0, 0.05) is 18.2 Å². The molecule has 204 valence electrons. The van der Waals surface area contributed by atoms with Gasteiger partial charge >= 0.3 is 0 Å². The number of benzene rings is 1. The van der Waals surface area contributed by atoms with E-state index in [1.807, 2.05) is 31.2 Å². The van der Waals surface area contributed by atoms with Crippen LogP contribution in [0.5, 0.6) is 5.75 Å². The van der Waals surface area contributed by atoms with E-state index in [9.17, 15) is 9.59 Å². The molecule has 1 N–H and O–H groups in total. The molecule has 1 aromatic carbocycles. The lowest BCUT2D eigenvalue weighted by Crippen LogP contribution is -2.53. The van der Waals surface area contributed by atoms with Crippen molar-refractivity contribution in [2.24, 2.45) is 0 Å². The number of nitrogens with one attached hydrogen (secondary N) is 1. The van der Waals surface area contributed by atoms with Crippen LogP contribution in [-0.2, 0) is 20.8 Å². The van der Waals surface area contributed by atoms with Crippen LogP contribution in [0.15, 0.2) is 66.3 Å². The third-order valence-electron chi connectivity index (χ3n) is 6.47. The van der Waals surface area contributed by atoms with Gasteiger partial charge in [0.2, 0.25) is 5.91 Å². The summed E-state index contributed by atoms with van der Waals surface area (Å²) < 4.78 is 24.5. The summed E-state index contributed by atoms with van der Waals surface area (Å²) in [5, 5.41) is 3.20. The Morgan fingerprint density at radius 1 is 1.16 bits per heavy atom. The van der Waals surface area contributed by atoms with Crippen LogP contribution >= 0.6 is 11.7 Å². The molecule has 0 unspecified atom stereocenters. The number of carbonyl (C=O) groups is 2. The first-order valence-corrected chi connectivity index (χ1v) is 13.3. The Morgan fingerprint density at radius 2 is 1.87 bits per heavy atom. The predicted molar refractivity (Wildman–Crippen MR) is 147 cm³/mol. The van der Waals surface area contributed by atoms with Crippen molar-refractivity contribution in [2.45, 2.75) is 57.7 Å². The number of amides is 2. The van der Waals surface area contributed by atoms with Gasteiger partial charge in [-0.3, -0.25) is 9.59 Å². The largest absolute Gasteiger partial charge is 0.497 e. The molecule has 0 bridgehead atoms. The maximum Gasteiger partial charge on any atom is 0.276 e. The number of aromatic nitrogens is 2. The van der Waals surface area contributed by atoms with Gasteiger partial charge in [-0.1, -0.05) is 50.1 Å². The van der Waals surface area contributed by atoms with Gasteiger partial charge in [0.15, 0.2) is 17.2 Å². The molecule has 38 heavy (non-hydrogen) atoms. The van der Waals surface area contributed by atoms with Crippen molar-refractivity contribution in [3.8, 4) is 5.75 Å². The van der Waals surface area contributed by atoms with Crippen molar-refractivity contribution in [1.82, 2.24) is 19.0 Å². The zero-order valence-corrected chi connectivity index (χ0v) is 23.3. The van der Waals surface area contributed by atoms with Gasteiger partial charge in [-0.05, 0) is 37.5 Å². The van der Waals surface area contributed by atoms with E-state index in [4.69, 9.17) is 14.2 Å². The molecule has 9 nitrogen and oxygen atoms in total. The molecule has 0 aliphatic heterocycles. The first-order chi connectivity index (χ1) is 18.4. The van der Waals surface area contributed by atoms with Gasteiger partial charge in [-0.25, -0.2) is 0 Å². The monoisotopic (exact) mass is 540 g/mol. The van der Waals surface area contributed by atoms with Crippen molar-refractivity contribution >= 4 is 23.5 Å². The van der Waals surface area contributed by atoms with Crippen LogP contribution in [0.4, 0.5) is 0 Å². The maximum absolute atomic E-state index is 14.1. The Balaban J connectivity index is 2.16. The quantitative estimate of drug-likeness (QED) is 0.309. The Morgan fingerprint density at radius 3 is 2.42 bits per heavy atom. The number of ether oxygens (including phenoxy) is 3. The van der Waals surface area contributed by atoms with Gasteiger partial charge in [-0.2, -0.15) is 8.75 Å². The van der Waals surface area contributed by atoms with Crippen LogP contribution in [0.2, 0.25) is 0 Å². The number of methoxy groups -OCH3 is 3.